The number of carbonyl (C=O) groups is 2. The quantitative estimate of drug-likeness (QED) is 0.560. The van der Waals surface area contributed by atoms with Gasteiger partial charge in [0, 0.05) is 6.54 Å². The fourth-order valence-corrected chi connectivity index (χ4v) is 4.78. The van der Waals surface area contributed by atoms with Crippen LogP contribution < -0.4 is 9.62 Å². The number of anilines is 1. The zero-order valence-electron chi connectivity index (χ0n) is 19.5. The van der Waals surface area contributed by atoms with Gasteiger partial charge in [-0.1, -0.05) is 38.1 Å². The van der Waals surface area contributed by atoms with E-state index in [9.17, 15) is 23.3 Å². The lowest BCUT2D eigenvalue weighted by Crippen LogP contribution is -2.50. The smallest absolute Gasteiger partial charge is 0.338 e. The largest absolute Gasteiger partial charge is 0.452 e. The Kier molecular flexibility index (Phi) is 8.23. The van der Waals surface area contributed by atoms with E-state index in [2.05, 4.69) is 5.32 Å². The van der Waals surface area contributed by atoms with E-state index in [-0.39, 0.29) is 22.9 Å². The fourth-order valence-electron chi connectivity index (χ4n) is 3.05. The number of nitrogens with zero attached hydrogens (tertiary/aromatic N) is 2. The van der Waals surface area contributed by atoms with E-state index >= 15 is 0 Å². The van der Waals surface area contributed by atoms with Crippen molar-refractivity contribution in [3.63, 3.8) is 0 Å². The predicted octanol–water partition coefficient (Wildman–Crippen LogP) is 3.42. The molecule has 9 heteroatoms. The maximum atomic E-state index is 13.4. The van der Waals surface area contributed by atoms with Crippen LogP contribution in [0.15, 0.2) is 53.4 Å². The minimum absolute atomic E-state index is 0.00277. The summed E-state index contributed by atoms with van der Waals surface area (Å²) in [6.45, 7) is 8.14. The third-order valence-corrected chi connectivity index (χ3v) is 7.49. The van der Waals surface area contributed by atoms with Gasteiger partial charge in [0.2, 0.25) is 0 Å². The summed E-state index contributed by atoms with van der Waals surface area (Å²) in [6.07, 6.45) is 0. The van der Waals surface area contributed by atoms with Crippen LogP contribution in [0, 0.1) is 24.2 Å². The molecule has 0 aliphatic heterocycles. The number of benzene rings is 2. The summed E-state index contributed by atoms with van der Waals surface area (Å²) in [7, 11) is -3.95. The highest BCUT2D eigenvalue weighted by molar-refractivity contribution is 7.92. The molecule has 0 aliphatic rings. The molecule has 0 unspecified atom stereocenters. The molecular weight excluding hydrogens is 442 g/mol. The van der Waals surface area contributed by atoms with Gasteiger partial charge in [-0.2, -0.15) is 5.26 Å². The highest BCUT2D eigenvalue weighted by atomic mass is 32.2. The van der Waals surface area contributed by atoms with E-state index < -0.39 is 34.0 Å². The van der Waals surface area contributed by atoms with Gasteiger partial charge in [-0.15, -0.1) is 0 Å². The molecule has 1 N–H and O–H groups in total. The second kappa shape index (κ2) is 10.5. The van der Waals surface area contributed by atoms with Crippen LogP contribution in [0.5, 0.6) is 0 Å². The topological polar surface area (TPSA) is 117 Å². The number of nitrogens with one attached hydrogen (secondary N) is 1. The second-order valence-electron chi connectivity index (χ2n) is 8.08. The van der Waals surface area contributed by atoms with Gasteiger partial charge in [-0.3, -0.25) is 9.10 Å². The standard InChI is InChI=1S/C24H29N3O5S/c1-6-27(20-10-8-7-9-11-20)33(30,31)21-14-19(13-12-18(21)4)23(29)32-15-22(28)26-24(5,16-25)17(2)3/h7-14,17H,6,15H2,1-5H3,(H,26,28)/t24-/m0/s1. The maximum Gasteiger partial charge on any atom is 0.338 e. The van der Waals surface area contributed by atoms with Crippen LogP contribution >= 0.6 is 0 Å². The molecule has 0 spiro atoms. The Morgan fingerprint density at radius 2 is 1.82 bits per heavy atom. The predicted molar refractivity (Wildman–Crippen MR) is 125 cm³/mol. The Labute approximate surface area is 195 Å². The first-order valence-corrected chi connectivity index (χ1v) is 12.0. The Morgan fingerprint density at radius 3 is 2.36 bits per heavy atom. The number of nitriles is 1. The number of rotatable bonds is 9. The Hall–Kier alpha value is -3.38. The normalized spacial score (nSPS) is 13.0. The van der Waals surface area contributed by atoms with E-state index in [1.165, 1.54) is 22.5 Å². The van der Waals surface area contributed by atoms with Crippen molar-refractivity contribution in [1.82, 2.24) is 5.32 Å². The van der Waals surface area contributed by atoms with Gasteiger partial charge in [0.05, 0.1) is 22.2 Å². The van der Waals surface area contributed by atoms with Crippen molar-refractivity contribution in [3.8, 4) is 6.07 Å². The molecule has 2 rings (SSSR count). The number of aryl methyl sites for hydroxylation is 1. The summed E-state index contributed by atoms with van der Waals surface area (Å²) in [5.41, 5.74) is -0.117. The molecule has 0 bridgehead atoms. The van der Waals surface area contributed by atoms with Crippen LogP contribution in [0.4, 0.5) is 5.69 Å². The maximum absolute atomic E-state index is 13.4. The fraction of sp³-hybridized carbons (Fsp3) is 0.375. The van der Waals surface area contributed by atoms with Gasteiger partial charge in [-0.05, 0) is 56.5 Å². The molecule has 0 saturated carbocycles. The molecule has 8 nitrogen and oxygen atoms in total. The lowest BCUT2D eigenvalue weighted by molar-refractivity contribution is -0.125. The third kappa shape index (κ3) is 5.90. The molecule has 33 heavy (non-hydrogen) atoms. The first kappa shape index (κ1) is 25.9. The van der Waals surface area contributed by atoms with Gasteiger partial charge in [0.1, 0.15) is 5.54 Å². The van der Waals surface area contributed by atoms with Crippen molar-refractivity contribution in [2.24, 2.45) is 5.92 Å². The van der Waals surface area contributed by atoms with E-state index in [0.717, 1.165) is 0 Å². The molecule has 2 aromatic carbocycles. The van der Waals surface area contributed by atoms with Crippen molar-refractivity contribution >= 4 is 27.6 Å². The number of amides is 1. The summed E-state index contributed by atoms with van der Waals surface area (Å²) in [5, 5.41) is 11.9. The van der Waals surface area contributed by atoms with E-state index in [1.54, 1.807) is 65.0 Å². The molecule has 0 aromatic heterocycles. The molecule has 2 aromatic rings. The van der Waals surface area contributed by atoms with E-state index in [1.807, 2.05) is 6.07 Å². The first-order chi connectivity index (χ1) is 15.5. The lowest BCUT2D eigenvalue weighted by Gasteiger charge is -2.27. The van der Waals surface area contributed by atoms with Crippen LogP contribution in [-0.4, -0.2) is 39.0 Å². The minimum Gasteiger partial charge on any atom is -0.452 e. The molecule has 0 fully saturated rings. The van der Waals surface area contributed by atoms with Gasteiger partial charge >= 0.3 is 5.97 Å². The monoisotopic (exact) mass is 471 g/mol. The Balaban J connectivity index is 2.23. The second-order valence-corrected chi connectivity index (χ2v) is 9.91. The van der Waals surface area contributed by atoms with Crippen molar-refractivity contribution in [2.45, 2.75) is 45.1 Å². The van der Waals surface area contributed by atoms with E-state index in [0.29, 0.717) is 11.3 Å². The summed E-state index contributed by atoms with van der Waals surface area (Å²) in [5.74, 6) is -1.62. The average molecular weight is 472 g/mol. The van der Waals surface area contributed by atoms with Crippen LogP contribution in [0.1, 0.15) is 43.6 Å². The summed E-state index contributed by atoms with van der Waals surface area (Å²) >= 11 is 0. The molecular formula is C24H29N3O5S. The van der Waals surface area contributed by atoms with Gasteiger partial charge in [0.15, 0.2) is 6.61 Å². The van der Waals surface area contributed by atoms with Crippen molar-refractivity contribution in [2.75, 3.05) is 17.5 Å². The number of para-hydroxylation sites is 1. The molecule has 1 amide bonds. The zero-order valence-corrected chi connectivity index (χ0v) is 20.3. The number of carbonyl (C=O) groups excluding carboxylic acids is 2. The lowest BCUT2D eigenvalue weighted by atomic mass is 9.90. The number of esters is 1. The summed E-state index contributed by atoms with van der Waals surface area (Å²) in [4.78, 5) is 24.7. The van der Waals surface area contributed by atoms with Crippen molar-refractivity contribution in [1.29, 1.82) is 5.26 Å². The Morgan fingerprint density at radius 1 is 1.18 bits per heavy atom. The molecule has 0 aliphatic carbocycles. The van der Waals surface area contributed by atoms with Crippen LogP contribution in [0.2, 0.25) is 0 Å². The number of sulfonamides is 1. The Bertz CT molecular complexity index is 1160. The molecule has 0 radical (unpaired) electrons. The number of hydrogen-bond acceptors (Lipinski definition) is 6. The van der Waals surface area contributed by atoms with Crippen molar-refractivity contribution in [3.05, 3.63) is 59.7 Å². The third-order valence-electron chi connectivity index (χ3n) is 5.44. The van der Waals surface area contributed by atoms with E-state index in [4.69, 9.17) is 4.74 Å². The summed E-state index contributed by atoms with van der Waals surface area (Å²) in [6, 6.07) is 14.9. The van der Waals surface area contributed by atoms with Gasteiger partial charge in [0.25, 0.3) is 15.9 Å². The van der Waals surface area contributed by atoms with Crippen LogP contribution in [0.3, 0.4) is 0 Å². The van der Waals surface area contributed by atoms with Gasteiger partial charge < -0.3 is 10.1 Å². The molecule has 0 heterocycles. The molecule has 0 saturated heterocycles. The van der Waals surface area contributed by atoms with Gasteiger partial charge in [-0.25, -0.2) is 13.2 Å². The van der Waals surface area contributed by atoms with Crippen molar-refractivity contribution < 1.29 is 22.7 Å². The number of hydrogen-bond donors (Lipinski definition) is 1. The van der Waals surface area contributed by atoms with Crippen LogP contribution in [-0.2, 0) is 19.6 Å². The average Bonchev–Trinajstić information content (AvgIpc) is 2.78. The summed E-state index contributed by atoms with van der Waals surface area (Å²) < 4.78 is 33.0. The number of ether oxygens (including phenoxy) is 1. The highest BCUT2D eigenvalue weighted by Crippen LogP contribution is 2.26. The van der Waals surface area contributed by atoms with Crippen LogP contribution in [0.25, 0.3) is 0 Å². The highest BCUT2D eigenvalue weighted by Gasteiger charge is 2.30. The SMILES string of the molecule is CCN(c1ccccc1)S(=O)(=O)c1cc(C(=O)OCC(=O)N[C@@](C)(C#N)C(C)C)ccc1C. The molecule has 176 valence electrons. The zero-order chi connectivity index (χ0) is 24.8. The minimum atomic E-state index is -3.95. The molecule has 1 atom stereocenters. The first-order valence-electron chi connectivity index (χ1n) is 10.5.